The number of aliphatic hydroxyl groups is 1. The molecule has 1 atom stereocenters. The topological polar surface area (TPSA) is 20.2 Å². The molecule has 1 unspecified atom stereocenters. The van der Waals surface area contributed by atoms with Crippen LogP contribution in [0.3, 0.4) is 0 Å². The molecule has 0 heterocycles. The highest BCUT2D eigenvalue weighted by Gasteiger charge is 2.22. The van der Waals surface area contributed by atoms with Crippen molar-refractivity contribution in [2.75, 3.05) is 0 Å². The molecule has 0 spiro atoms. The quantitative estimate of drug-likeness (QED) is 0.473. The average molecular weight is 144 g/mol. The zero-order valence-corrected chi connectivity index (χ0v) is 7.52. The lowest BCUT2D eigenvalue weighted by Crippen LogP contribution is -2.37. The van der Waals surface area contributed by atoms with Gasteiger partial charge in [0.25, 0.3) is 0 Å². The zero-order valence-electron chi connectivity index (χ0n) is 6.52. The van der Waals surface area contributed by atoms with Crippen LogP contribution in [0.1, 0.15) is 6.42 Å². The van der Waals surface area contributed by atoms with E-state index in [1.165, 1.54) is 0 Å². The third-order valence-corrected chi connectivity index (χ3v) is 3.62. The summed E-state index contributed by atoms with van der Waals surface area (Å²) >= 11 is 0. The molecule has 0 saturated carbocycles. The van der Waals surface area contributed by atoms with E-state index in [1.807, 2.05) is 0 Å². The molecule has 0 aromatic rings. The first-order valence-corrected chi connectivity index (χ1v) is 6.85. The van der Waals surface area contributed by atoms with Crippen molar-refractivity contribution in [3.05, 3.63) is 12.7 Å². The summed E-state index contributed by atoms with van der Waals surface area (Å²) in [4.78, 5) is 0. The van der Waals surface area contributed by atoms with Crippen LogP contribution in [0.2, 0.25) is 19.6 Å². The molecular weight excluding hydrogens is 128 g/mol. The van der Waals surface area contributed by atoms with E-state index in [4.69, 9.17) is 0 Å². The average Bonchev–Trinajstić information content (AvgIpc) is 1.64. The van der Waals surface area contributed by atoms with Gasteiger partial charge in [-0.05, 0) is 6.42 Å². The minimum atomic E-state index is -1.30. The molecule has 0 fully saturated rings. The summed E-state index contributed by atoms with van der Waals surface area (Å²) < 4.78 is 0. The van der Waals surface area contributed by atoms with E-state index < -0.39 is 8.07 Å². The second kappa shape index (κ2) is 3.18. The first-order chi connectivity index (χ1) is 3.98. The van der Waals surface area contributed by atoms with Gasteiger partial charge in [-0.2, -0.15) is 0 Å². The Kier molecular flexibility index (Phi) is 3.15. The van der Waals surface area contributed by atoms with E-state index in [0.29, 0.717) is 0 Å². The van der Waals surface area contributed by atoms with Gasteiger partial charge in [-0.3, -0.25) is 0 Å². The molecule has 0 amide bonds. The second-order valence-corrected chi connectivity index (χ2v) is 8.80. The van der Waals surface area contributed by atoms with E-state index in [9.17, 15) is 5.11 Å². The maximum Gasteiger partial charge on any atom is 0.0785 e. The number of hydrogen-bond acceptors (Lipinski definition) is 1. The number of rotatable bonds is 3. The van der Waals surface area contributed by atoms with Crippen molar-refractivity contribution in [1.29, 1.82) is 0 Å². The van der Waals surface area contributed by atoms with Gasteiger partial charge < -0.3 is 5.11 Å². The van der Waals surface area contributed by atoms with Crippen LogP contribution >= 0.6 is 0 Å². The van der Waals surface area contributed by atoms with Gasteiger partial charge >= 0.3 is 0 Å². The lowest BCUT2D eigenvalue weighted by atomic mass is 10.4. The minimum Gasteiger partial charge on any atom is -0.396 e. The molecule has 0 aliphatic heterocycles. The van der Waals surface area contributed by atoms with Crippen LogP contribution in [-0.2, 0) is 0 Å². The van der Waals surface area contributed by atoms with Gasteiger partial charge in [0.2, 0.25) is 0 Å². The van der Waals surface area contributed by atoms with E-state index >= 15 is 0 Å². The monoisotopic (exact) mass is 144 g/mol. The van der Waals surface area contributed by atoms with Gasteiger partial charge in [0.1, 0.15) is 0 Å². The van der Waals surface area contributed by atoms with Crippen LogP contribution in [0.4, 0.5) is 0 Å². The van der Waals surface area contributed by atoms with E-state index in [1.54, 1.807) is 6.08 Å². The van der Waals surface area contributed by atoms with Crippen molar-refractivity contribution in [2.24, 2.45) is 0 Å². The van der Waals surface area contributed by atoms with Crippen LogP contribution in [0.5, 0.6) is 0 Å². The van der Waals surface area contributed by atoms with Crippen molar-refractivity contribution in [2.45, 2.75) is 31.8 Å². The van der Waals surface area contributed by atoms with E-state index in [-0.39, 0.29) is 5.73 Å². The van der Waals surface area contributed by atoms with Gasteiger partial charge in [-0.1, -0.05) is 25.7 Å². The minimum absolute atomic E-state index is 0.116. The van der Waals surface area contributed by atoms with Crippen LogP contribution < -0.4 is 0 Å². The van der Waals surface area contributed by atoms with Gasteiger partial charge in [0, 0.05) is 5.73 Å². The molecule has 2 heteroatoms. The van der Waals surface area contributed by atoms with Gasteiger partial charge in [-0.15, -0.1) is 6.58 Å². The lowest BCUT2D eigenvalue weighted by Gasteiger charge is -2.21. The highest BCUT2D eigenvalue weighted by Crippen LogP contribution is 2.10. The smallest absolute Gasteiger partial charge is 0.0785 e. The Bertz CT molecular complexity index is 93.6. The van der Waals surface area contributed by atoms with E-state index in [2.05, 4.69) is 26.2 Å². The van der Waals surface area contributed by atoms with Crippen molar-refractivity contribution in [3.63, 3.8) is 0 Å². The summed E-state index contributed by atoms with van der Waals surface area (Å²) in [7, 11) is -1.30. The third-order valence-electron chi connectivity index (χ3n) is 1.39. The highest BCUT2D eigenvalue weighted by molar-refractivity contribution is 6.77. The molecule has 9 heavy (non-hydrogen) atoms. The molecule has 0 radical (unpaired) electrons. The van der Waals surface area contributed by atoms with Crippen molar-refractivity contribution in [1.82, 2.24) is 0 Å². The maximum absolute atomic E-state index is 9.38. The fourth-order valence-electron chi connectivity index (χ4n) is 0.511. The first kappa shape index (κ1) is 8.92. The molecule has 0 bridgehead atoms. The summed E-state index contributed by atoms with van der Waals surface area (Å²) in [6.45, 7) is 10.0. The first-order valence-electron chi connectivity index (χ1n) is 3.27. The van der Waals surface area contributed by atoms with E-state index in [0.717, 1.165) is 6.42 Å². The molecule has 0 aliphatic carbocycles. The second-order valence-electron chi connectivity index (χ2n) is 3.41. The Labute approximate surface area is 58.4 Å². The summed E-state index contributed by atoms with van der Waals surface area (Å²) in [5.74, 6) is 0. The zero-order chi connectivity index (χ0) is 7.49. The summed E-state index contributed by atoms with van der Waals surface area (Å²) in [5.41, 5.74) is -0.116. The fourth-order valence-corrected chi connectivity index (χ4v) is 1.39. The Morgan fingerprint density at radius 1 is 1.56 bits per heavy atom. The predicted molar refractivity (Wildman–Crippen MR) is 44.2 cm³/mol. The molecule has 0 aliphatic rings. The molecule has 1 nitrogen and oxygen atoms in total. The Morgan fingerprint density at radius 2 is 2.00 bits per heavy atom. The van der Waals surface area contributed by atoms with Gasteiger partial charge in [0.15, 0.2) is 0 Å². The van der Waals surface area contributed by atoms with Gasteiger partial charge in [-0.25, -0.2) is 0 Å². The van der Waals surface area contributed by atoms with Crippen LogP contribution in [-0.4, -0.2) is 18.9 Å². The standard InChI is InChI=1S/C7H16OSi/c1-5-6-7(8)9(2,3)4/h5,7-8H,1,6H2,2-4H3. The van der Waals surface area contributed by atoms with Crippen molar-refractivity contribution in [3.8, 4) is 0 Å². The Morgan fingerprint density at radius 3 is 2.11 bits per heavy atom. The highest BCUT2D eigenvalue weighted by atomic mass is 28.3. The molecule has 0 saturated heterocycles. The SMILES string of the molecule is C=CCC(O)[Si](C)(C)C. The summed E-state index contributed by atoms with van der Waals surface area (Å²) in [6.07, 6.45) is 2.53. The molecule has 0 aromatic carbocycles. The largest absolute Gasteiger partial charge is 0.396 e. The maximum atomic E-state index is 9.38. The lowest BCUT2D eigenvalue weighted by molar-refractivity contribution is 0.247. The van der Waals surface area contributed by atoms with Crippen LogP contribution in [0, 0.1) is 0 Å². The van der Waals surface area contributed by atoms with Crippen molar-refractivity contribution >= 4 is 8.07 Å². The molecular formula is C7H16OSi. The molecule has 0 aromatic heterocycles. The molecule has 54 valence electrons. The third kappa shape index (κ3) is 3.49. The Balaban J connectivity index is 3.72. The van der Waals surface area contributed by atoms with Crippen LogP contribution in [0.15, 0.2) is 12.7 Å². The molecule has 1 N–H and O–H groups in total. The summed E-state index contributed by atoms with van der Waals surface area (Å²) in [6, 6.07) is 0. The predicted octanol–water partition coefficient (Wildman–Crippen LogP) is 1.80. The normalized spacial score (nSPS) is 15.1. The van der Waals surface area contributed by atoms with Crippen molar-refractivity contribution < 1.29 is 5.11 Å². The molecule has 0 rings (SSSR count). The fraction of sp³-hybridized carbons (Fsp3) is 0.714. The number of hydrogen-bond donors (Lipinski definition) is 1. The van der Waals surface area contributed by atoms with Gasteiger partial charge in [0.05, 0.1) is 8.07 Å². The Hall–Kier alpha value is -0.0831. The van der Waals surface area contributed by atoms with Crippen LogP contribution in [0.25, 0.3) is 0 Å². The summed E-state index contributed by atoms with van der Waals surface area (Å²) in [5, 5.41) is 9.38. The number of aliphatic hydroxyl groups excluding tert-OH is 1.